The van der Waals surface area contributed by atoms with Crippen molar-refractivity contribution in [3.8, 4) is 11.3 Å². The first-order valence-electron chi connectivity index (χ1n) is 8.73. The zero-order valence-electron chi connectivity index (χ0n) is 15.5. The molecule has 0 bridgehead atoms. The van der Waals surface area contributed by atoms with E-state index in [1.807, 2.05) is 31.2 Å². The zero-order valence-corrected chi connectivity index (χ0v) is 17.9. The molecule has 0 unspecified atom stereocenters. The number of para-hydroxylation sites is 1. The molecular formula is C21H13ClN2O4S2. The van der Waals surface area contributed by atoms with Gasteiger partial charge in [-0.2, -0.15) is 0 Å². The van der Waals surface area contributed by atoms with Gasteiger partial charge in [0.05, 0.1) is 20.5 Å². The minimum atomic E-state index is -0.514. The highest BCUT2D eigenvalue weighted by atomic mass is 35.5. The van der Waals surface area contributed by atoms with Crippen molar-refractivity contribution in [3.05, 3.63) is 86.0 Å². The number of thioether (sulfide) groups is 1. The maximum atomic E-state index is 12.9. The van der Waals surface area contributed by atoms with E-state index in [0.717, 1.165) is 11.3 Å². The minimum absolute atomic E-state index is 0.101. The number of amides is 1. The number of hydrogen-bond donors (Lipinski definition) is 0. The van der Waals surface area contributed by atoms with Gasteiger partial charge in [0.15, 0.2) is 4.32 Å². The second-order valence-electron chi connectivity index (χ2n) is 6.43. The Balaban J connectivity index is 1.62. The molecule has 0 saturated carbocycles. The van der Waals surface area contributed by atoms with Gasteiger partial charge < -0.3 is 4.42 Å². The van der Waals surface area contributed by atoms with Gasteiger partial charge in [0.25, 0.3) is 11.6 Å². The highest BCUT2D eigenvalue weighted by molar-refractivity contribution is 8.27. The van der Waals surface area contributed by atoms with Crippen LogP contribution in [0.25, 0.3) is 17.4 Å². The Kier molecular flexibility index (Phi) is 5.46. The third-order valence-corrected chi connectivity index (χ3v) is 6.09. The molecule has 0 aliphatic carbocycles. The van der Waals surface area contributed by atoms with E-state index in [9.17, 15) is 14.9 Å². The van der Waals surface area contributed by atoms with E-state index in [2.05, 4.69) is 0 Å². The normalized spacial score (nSPS) is 15.3. The molecule has 30 heavy (non-hydrogen) atoms. The SMILES string of the molecule is Cc1ccccc1N1C(=O)/C(=C\c2ccc(-c3ccc([N+](=O)[O-])cc3Cl)o2)SC1=S. The van der Waals surface area contributed by atoms with E-state index >= 15 is 0 Å². The van der Waals surface area contributed by atoms with Crippen LogP contribution in [0.3, 0.4) is 0 Å². The monoisotopic (exact) mass is 456 g/mol. The smallest absolute Gasteiger partial charge is 0.270 e. The van der Waals surface area contributed by atoms with Crippen molar-refractivity contribution in [3.63, 3.8) is 0 Å². The van der Waals surface area contributed by atoms with E-state index in [0.29, 0.717) is 26.3 Å². The van der Waals surface area contributed by atoms with Crippen molar-refractivity contribution in [2.24, 2.45) is 0 Å². The molecule has 1 fully saturated rings. The Morgan fingerprint density at radius 3 is 2.67 bits per heavy atom. The maximum Gasteiger partial charge on any atom is 0.270 e. The standard InChI is InChI=1S/C21H13ClN2O4S2/c1-12-4-2-3-5-17(12)23-20(25)19(30-21(23)29)11-14-7-9-18(28-14)15-8-6-13(24(26)27)10-16(15)22/h2-11H,1H3/b19-11+. The van der Waals surface area contributed by atoms with E-state index in [-0.39, 0.29) is 16.6 Å². The van der Waals surface area contributed by atoms with Gasteiger partial charge in [0.1, 0.15) is 11.5 Å². The van der Waals surface area contributed by atoms with Crippen LogP contribution in [0, 0.1) is 17.0 Å². The molecule has 150 valence electrons. The number of carbonyl (C=O) groups is 1. The number of thiocarbonyl (C=S) groups is 1. The summed E-state index contributed by atoms with van der Waals surface area (Å²) in [5.74, 6) is 0.672. The van der Waals surface area contributed by atoms with Crippen molar-refractivity contribution in [2.75, 3.05) is 4.90 Å². The van der Waals surface area contributed by atoms with Crippen LogP contribution in [0.4, 0.5) is 11.4 Å². The molecular weight excluding hydrogens is 444 g/mol. The first-order valence-corrected chi connectivity index (χ1v) is 10.3. The zero-order chi connectivity index (χ0) is 21.4. The quantitative estimate of drug-likeness (QED) is 0.201. The molecule has 6 nitrogen and oxygen atoms in total. The molecule has 2 heterocycles. The molecule has 1 saturated heterocycles. The highest BCUT2D eigenvalue weighted by Crippen LogP contribution is 2.38. The van der Waals surface area contributed by atoms with Crippen LogP contribution >= 0.6 is 35.6 Å². The third kappa shape index (κ3) is 3.77. The number of rotatable bonds is 4. The average Bonchev–Trinajstić information content (AvgIpc) is 3.27. The summed E-state index contributed by atoms with van der Waals surface area (Å²) in [6.07, 6.45) is 1.63. The number of benzene rings is 2. The summed E-state index contributed by atoms with van der Waals surface area (Å²) < 4.78 is 6.25. The van der Waals surface area contributed by atoms with E-state index in [4.69, 9.17) is 28.2 Å². The molecule has 0 atom stereocenters. The Labute approximate surface area is 186 Å². The number of hydrogen-bond acceptors (Lipinski definition) is 6. The lowest BCUT2D eigenvalue weighted by atomic mass is 10.1. The first-order chi connectivity index (χ1) is 14.3. The van der Waals surface area contributed by atoms with Gasteiger partial charge in [-0.15, -0.1) is 0 Å². The second-order valence-corrected chi connectivity index (χ2v) is 8.51. The molecule has 1 aromatic heterocycles. The largest absolute Gasteiger partial charge is 0.457 e. The van der Waals surface area contributed by atoms with Crippen LogP contribution in [0.5, 0.6) is 0 Å². The van der Waals surface area contributed by atoms with Crippen LogP contribution in [0.2, 0.25) is 5.02 Å². The molecule has 4 rings (SSSR count). The van der Waals surface area contributed by atoms with Gasteiger partial charge in [-0.1, -0.05) is 53.8 Å². The van der Waals surface area contributed by atoms with Crippen molar-refractivity contribution in [1.82, 2.24) is 0 Å². The van der Waals surface area contributed by atoms with Crippen LogP contribution in [0.15, 0.2) is 63.9 Å². The second kappa shape index (κ2) is 8.06. The number of nitrogens with zero attached hydrogens (tertiary/aromatic N) is 2. The number of aryl methyl sites for hydroxylation is 1. The van der Waals surface area contributed by atoms with E-state index in [1.165, 1.54) is 34.9 Å². The van der Waals surface area contributed by atoms with Crippen LogP contribution in [0.1, 0.15) is 11.3 Å². The molecule has 9 heteroatoms. The Morgan fingerprint density at radius 1 is 1.20 bits per heavy atom. The summed E-state index contributed by atoms with van der Waals surface area (Å²) in [4.78, 5) is 25.2. The van der Waals surface area contributed by atoms with Crippen LogP contribution < -0.4 is 4.90 Å². The van der Waals surface area contributed by atoms with Crippen molar-refractivity contribution < 1.29 is 14.1 Å². The lowest BCUT2D eigenvalue weighted by Crippen LogP contribution is -2.28. The van der Waals surface area contributed by atoms with Gasteiger partial charge in [-0.05, 0) is 36.8 Å². The van der Waals surface area contributed by atoms with Gasteiger partial charge in [0, 0.05) is 23.8 Å². The molecule has 0 spiro atoms. The summed E-state index contributed by atoms with van der Waals surface area (Å²) in [6, 6.07) is 15.1. The average molecular weight is 457 g/mol. The molecule has 1 aliphatic heterocycles. The number of nitro groups is 1. The topological polar surface area (TPSA) is 76.6 Å². The van der Waals surface area contributed by atoms with Gasteiger partial charge in [-0.3, -0.25) is 19.8 Å². The Morgan fingerprint density at radius 2 is 1.97 bits per heavy atom. The third-order valence-electron chi connectivity index (χ3n) is 4.48. The fourth-order valence-corrected chi connectivity index (χ4v) is 4.54. The molecule has 0 N–H and O–H groups in total. The molecule has 1 aliphatic rings. The van der Waals surface area contributed by atoms with Crippen molar-refractivity contribution >= 4 is 63.3 Å². The summed E-state index contributed by atoms with van der Waals surface area (Å²) in [5, 5.41) is 11.1. The van der Waals surface area contributed by atoms with Crippen molar-refractivity contribution in [2.45, 2.75) is 6.92 Å². The fourth-order valence-electron chi connectivity index (χ4n) is 3.01. The van der Waals surface area contributed by atoms with E-state index < -0.39 is 4.92 Å². The van der Waals surface area contributed by atoms with E-state index in [1.54, 1.807) is 18.2 Å². The Bertz CT molecular complexity index is 1240. The summed E-state index contributed by atoms with van der Waals surface area (Å²) in [7, 11) is 0. The van der Waals surface area contributed by atoms with Crippen LogP contribution in [-0.4, -0.2) is 15.2 Å². The number of furan rings is 1. The molecule has 0 radical (unpaired) electrons. The fraction of sp³-hybridized carbons (Fsp3) is 0.0476. The summed E-state index contributed by atoms with van der Waals surface area (Å²) >= 11 is 12.8. The number of carbonyl (C=O) groups excluding carboxylic acids is 1. The molecule has 3 aromatic rings. The maximum absolute atomic E-state index is 12.9. The van der Waals surface area contributed by atoms with Gasteiger partial charge >= 0.3 is 0 Å². The predicted molar refractivity (Wildman–Crippen MR) is 123 cm³/mol. The highest BCUT2D eigenvalue weighted by Gasteiger charge is 2.34. The lowest BCUT2D eigenvalue weighted by Gasteiger charge is -2.16. The van der Waals surface area contributed by atoms with Crippen molar-refractivity contribution in [1.29, 1.82) is 0 Å². The minimum Gasteiger partial charge on any atom is -0.457 e. The molecule has 1 amide bonds. The first kappa shape index (κ1) is 20.3. The number of anilines is 1. The lowest BCUT2D eigenvalue weighted by molar-refractivity contribution is -0.384. The number of non-ortho nitro benzene ring substituents is 1. The molecule has 2 aromatic carbocycles. The predicted octanol–water partition coefficient (Wildman–Crippen LogP) is 6.22. The van der Waals surface area contributed by atoms with Gasteiger partial charge in [-0.25, -0.2) is 0 Å². The van der Waals surface area contributed by atoms with Crippen LogP contribution in [-0.2, 0) is 4.79 Å². The summed E-state index contributed by atoms with van der Waals surface area (Å²) in [6.45, 7) is 1.92. The Hall–Kier alpha value is -2.94. The summed E-state index contributed by atoms with van der Waals surface area (Å²) in [5.41, 5.74) is 2.12. The number of nitro benzene ring substituents is 1. The van der Waals surface area contributed by atoms with Gasteiger partial charge in [0.2, 0.25) is 0 Å². The number of halogens is 1.